The van der Waals surface area contributed by atoms with E-state index in [1.807, 2.05) is 25.1 Å². The number of aliphatic carboxylic acids is 1. The highest BCUT2D eigenvalue weighted by Crippen LogP contribution is 2.32. The zero-order valence-electron chi connectivity index (χ0n) is 14.7. The number of nitrogens with zero attached hydrogens (tertiary/aromatic N) is 3. The van der Waals surface area contributed by atoms with Gasteiger partial charge in [-0.3, -0.25) is 0 Å². The van der Waals surface area contributed by atoms with E-state index in [0.717, 1.165) is 11.1 Å². The van der Waals surface area contributed by atoms with Gasteiger partial charge in [-0.1, -0.05) is 12.1 Å². The molecule has 0 radical (unpaired) electrons. The number of ether oxygens (including phenoxy) is 1. The Morgan fingerprint density at radius 3 is 2.65 bits per heavy atom. The van der Waals surface area contributed by atoms with Crippen molar-refractivity contribution in [3.8, 4) is 17.2 Å². The molecule has 0 aliphatic rings. The van der Waals surface area contributed by atoms with Crippen LogP contribution in [0.5, 0.6) is 11.5 Å². The minimum atomic E-state index is -0.997. The van der Waals surface area contributed by atoms with E-state index < -0.39 is 5.97 Å². The molecule has 26 heavy (non-hydrogen) atoms. The Morgan fingerprint density at radius 1 is 1.23 bits per heavy atom. The molecule has 7 heteroatoms. The average molecular weight is 353 g/mol. The van der Waals surface area contributed by atoms with Crippen LogP contribution in [0.1, 0.15) is 18.1 Å². The first-order valence-corrected chi connectivity index (χ1v) is 8.03. The van der Waals surface area contributed by atoms with Gasteiger partial charge in [-0.15, -0.1) is 15.0 Å². The van der Waals surface area contributed by atoms with Crippen molar-refractivity contribution in [1.82, 2.24) is 15.0 Å². The number of rotatable bonds is 5. The summed E-state index contributed by atoms with van der Waals surface area (Å²) in [6, 6.07) is 9.02. The number of aryl methyl sites for hydroxylation is 1. The second kappa shape index (κ2) is 6.87. The van der Waals surface area contributed by atoms with Crippen LogP contribution in [0.15, 0.2) is 42.0 Å². The van der Waals surface area contributed by atoms with Crippen molar-refractivity contribution in [3.63, 3.8) is 0 Å². The van der Waals surface area contributed by atoms with E-state index in [1.54, 1.807) is 12.1 Å². The lowest BCUT2D eigenvalue weighted by Crippen LogP contribution is -2.02. The number of carboxylic acids is 1. The molecule has 1 aromatic heterocycles. The fraction of sp³-hybridized carbons (Fsp3) is 0.211. The highest BCUT2D eigenvalue weighted by atomic mass is 16.5. The van der Waals surface area contributed by atoms with Gasteiger partial charge < -0.3 is 14.9 Å². The number of aromatic hydroxyl groups is 1. The number of phenols is 1. The third-order valence-electron chi connectivity index (χ3n) is 4.09. The summed E-state index contributed by atoms with van der Waals surface area (Å²) in [4.78, 5) is 12.3. The summed E-state index contributed by atoms with van der Waals surface area (Å²) < 4.78 is 5.30. The van der Waals surface area contributed by atoms with Gasteiger partial charge in [0.1, 0.15) is 28.2 Å². The Bertz CT molecular complexity index is 1020. The van der Waals surface area contributed by atoms with Gasteiger partial charge in [0.15, 0.2) is 0 Å². The van der Waals surface area contributed by atoms with E-state index in [9.17, 15) is 9.90 Å². The highest BCUT2D eigenvalue weighted by molar-refractivity contribution is 5.85. The molecule has 0 aliphatic carbocycles. The van der Waals surface area contributed by atoms with Crippen LogP contribution < -0.4 is 4.74 Å². The molecule has 3 aromatic rings. The molecule has 134 valence electrons. The average Bonchev–Trinajstić information content (AvgIpc) is 3.03. The first-order valence-electron chi connectivity index (χ1n) is 8.03. The molecule has 0 saturated carbocycles. The molecule has 1 heterocycles. The summed E-state index contributed by atoms with van der Waals surface area (Å²) in [5.74, 6) is -0.494. The Morgan fingerprint density at radius 2 is 1.96 bits per heavy atom. The monoisotopic (exact) mass is 353 g/mol. The SMILES string of the molecule is COc1cc(CC=C(C)C(=O)O)c(O)c(-n2nc3ccc(C)cc3n2)c1. The quantitative estimate of drug-likeness (QED) is 0.684. The van der Waals surface area contributed by atoms with E-state index in [0.29, 0.717) is 22.5 Å². The Hall–Kier alpha value is -3.35. The summed E-state index contributed by atoms with van der Waals surface area (Å²) in [5.41, 5.74) is 3.59. The number of aromatic nitrogens is 3. The predicted octanol–water partition coefficient (Wildman–Crippen LogP) is 3.02. The topological polar surface area (TPSA) is 97.5 Å². The van der Waals surface area contributed by atoms with Gasteiger partial charge in [0.05, 0.1) is 7.11 Å². The van der Waals surface area contributed by atoms with Crippen LogP contribution in [0.2, 0.25) is 0 Å². The number of methoxy groups -OCH3 is 1. The standard InChI is InChI=1S/C19H19N3O4/c1-11-4-7-15-16(8-11)21-22(20-15)17-10-14(26-3)9-13(18(17)23)6-5-12(2)19(24)25/h4-5,7-10,23H,6H2,1-3H3,(H,24,25). The number of phenolic OH excluding ortho intramolecular Hbond substituents is 1. The number of hydrogen-bond donors (Lipinski definition) is 2. The van der Waals surface area contributed by atoms with Crippen LogP contribution in [0.25, 0.3) is 16.7 Å². The molecule has 0 fully saturated rings. The van der Waals surface area contributed by atoms with Gasteiger partial charge in [0.25, 0.3) is 0 Å². The molecule has 0 aliphatic heterocycles. The maximum atomic E-state index is 11.0. The van der Waals surface area contributed by atoms with Crippen LogP contribution in [-0.2, 0) is 11.2 Å². The largest absolute Gasteiger partial charge is 0.505 e. The number of fused-ring (bicyclic) bond motifs is 1. The molecule has 0 amide bonds. The van der Waals surface area contributed by atoms with Crippen molar-refractivity contribution in [3.05, 3.63) is 53.1 Å². The second-order valence-electron chi connectivity index (χ2n) is 6.03. The van der Waals surface area contributed by atoms with E-state index in [1.165, 1.54) is 24.9 Å². The molecular formula is C19H19N3O4. The van der Waals surface area contributed by atoms with Gasteiger partial charge in [0.2, 0.25) is 0 Å². The zero-order chi connectivity index (χ0) is 18.8. The van der Waals surface area contributed by atoms with Crippen molar-refractivity contribution in [1.29, 1.82) is 0 Å². The lowest BCUT2D eigenvalue weighted by atomic mass is 10.1. The molecule has 7 nitrogen and oxygen atoms in total. The molecule has 0 bridgehead atoms. The maximum Gasteiger partial charge on any atom is 0.330 e. The third kappa shape index (κ3) is 3.37. The normalized spacial score (nSPS) is 11.7. The predicted molar refractivity (Wildman–Crippen MR) is 96.9 cm³/mol. The second-order valence-corrected chi connectivity index (χ2v) is 6.03. The summed E-state index contributed by atoms with van der Waals surface area (Å²) in [6.45, 7) is 3.47. The van der Waals surface area contributed by atoms with Gasteiger partial charge >= 0.3 is 5.97 Å². The van der Waals surface area contributed by atoms with E-state index in [2.05, 4.69) is 10.2 Å². The molecule has 0 atom stereocenters. The van der Waals surface area contributed by atoms with Crippen molar-refractivity contribution < 1.29 is 19.7 Å². The minimum absolute atomic E-state index is 0.0164. The maximum absolute atomic E-state index is 11.0. The summed E-state index contributed by atoms with van der Waals surface area (Å²) >= 11 is 0. The lowest BCUT2D eigenvalue weighted by molar-refractivity contribution is -0.132. The van der Waals surface area contributed by atoms with Crippen molar-refractivity contribution >= 4 is 17.0 Å². The third-order valence-corrected chi connectivity index (χ3v) is 4.09. The van der Waals surface area contributed by atoms with Gasteiger partial charge in [-0.05, 0) is 44.0 Å². The Kier molecular flexibility index (Phi) is 4.62. The van der Waals surface area contributed by atoms with E-state index in [-0.39, 0.29) is 17.7 Å². The number of carboxylic acid groups (broad SMARTS) is 1. The van der Waals surface area contributed by atoms with Gasteiger partial charge in [-0.2, -0.15) is 0 Å². The fourth-order valence-electron chi connectivity index (χ4n) is 2.56. The van der Waals surface area contributed by atoms with Crippen LogP contribution >= 0.6 is 0 Å². The van der Waals surface area contributed by atoms with Crippen LogP contribution in [-0.4, -0.2) is 38.3 Å². The Labute approximate surface area is 150 Å². The Balaban J connectivity index is 2.09. The molecule has 2 aromatic carbocycles. The lowest BCUT2D eigenvalue weighted by Gasteiger charge is -2.11. The van der Waals surface area contributed by atoms with Crippen LogP contribution in [0.3, 0.4) is 0 Å². The molecule has 2 N–H and O–H groups in total. The number of benzene rings is 2. The highest BCUT2D eigenvalue weighted by Gasteiger charge is 2.15. The zero-order valence-corrected chi connectivity index (χ0v) is 14.7. The fourth-order valence-corrected chi connectivity index (χ4v) is 2.56. The van der Waals surface area contributed by atoms with Crippen LogP contribution in [0.4, 0.5) is 0 Å². The van der Waals surface area contributed by atoms with Gasteiger partial charge in [0, 0.05) is 17.2 Å². The first kappa shape index (κ1) is 17.5. The van der Waals surface area contributed by atoms with E-state index >= 15 is 0 Å². The van der Waals surface area contributed by atoms with Crippen molar-refractivity contribution in [2.24, 2.45) is 0 Å². The summed E-state index contributed by atoms with van der Waals surface area (Å²) in [6.07, 6.45) is 1.78. The number of hydrogen-bond acceptors (Lipinski definition) is 5. The smallest absolute Gasteiger partial charge is 0.330 e. The number of allylic oxidation sites excluding steroid dienone is 1. The summed E-state index contributed by atoms with van der Waals surface area (Å²) in [5, 5.41) is 28.5. The van der Waals surface area contributed by atoms with Gasteiger partial charge in [-0.25, -0.2) is 4.79 Å². The first-order chi connectivity index (χ1) is 12.4. The minimum Gasteiger partial charge on any atom is -0.505 e. The molecular weight excluding hydrogens is 334 g/mol. The molecule has 0 spiro atoms. The van der Waals surface area contributed by atoms with Crippen molar-refractivity contribution in [2.45, 2.75) is 20.3 Å². The molecule has 3 rings (SSSR count). The number of carbonyl (C=O) groups is 1. The summed E-state index contributed by atoms with van der Waals surface area (Å²) in [7, 11) is 1.52. The molecule has 0 unspecified atom stereocenters. The molecule has 0 saturated heterocycles. The van der Waals surface area contributed by atoms with Crippen molar-refractivity contribution in [2.75, 3.05) is 7.11 Å². The van der Waals surface area contributed by atoms with E-state index in [4.69, 9.17) is 9.84 Å². The van der Waals surface area contributed by atoms with Crippen LogP contribution in [0, 0.1) is 6.92 Å².